The minimum Gasteiger partial charge on any atom is -0.456 e. The summed E-state index contributed by atoms with van der Waals surface area (Å²) in [4.78, 5) is 23.4. The van der Waals surface area contributed by atoms with E-state index in [2.05, 4.69) is 5.32 Å². The molecule has 10 heteroatoms. The Bertz CT molecular complexity index is 948. The monoisotopic (exact) mass is 426 g/mol. The zero-order chi connectivity index (χ0) is 21.4. The van der Waals surface area contributed by atoms with Gasteiger partial charge in [-0.25, -0.2) is 21.5 Å². The molecule has 2 rings (SSSR count). The second-order valence-electron chi connectivity index (χ2n) is 6.10. The molecule has 29 heavy (non-hydrogen) atoms. The molecule has 0 heterocycles. The Morgan fingerprint density at radius 3 is 2.14 bits per heavy atom. The van der Waals surface area contributed by atoms with Crippen molar-refractivity contribution in [3.05, 3.63) is 60.2 Å². The smallest absolute Gasteiger partial charge is 0.306 e. The third-order valence-electron chi connectivity index (χ3n) is 3.87. The number of amides is 1. The van der Waals surface area contributed by atoms with Crippen LogP contribution >= 0.6 is 0 Å². The number of carbonyl (C=O) groups excluding carboxylic acids is 2. The normalized spacial score (nSPS) is 11.3. The predicted octanol–water partition coefficient (Wildman–Crippen LogP) is 2.55. The van der Waals surface area contributed by atoms with Crippen LogP contribution in [0, 0.1) is 11.6 Å². The maximum absolute atomic E-state index is 12.9. The molecule has 0 atom stereocenters. The molecular formula is C19H20F2N2O5S. The van der Waals surface area contributed by atoms with Gasteiger partial charge in [-0.1, -0.05) is 0 Å². The van der Waals surface area contributed by atoms with E-state index in [9.17, 15) is 26.8 Å². The summed E-state index contributed by atoms with van der Waals surface area (Å²) in [6.07, 6.45) is 0.0858. The van der Waals surface area contributed by atoms with E-state index in [1.807, 2.05) is 0 Å². The molecule has 156 valence electrons. The molecule has 0 bridgehead atoms. The first-order chi connectivity index (χ1) is 13.7. The largest absolute Gasteiger partial charge is 0.456 e. The van der Waals surface area contributed by atoms with Crippen molar-refractivity contribution in [1.29, 1.82) is 0 Å². The van der Waals surface area contributed by atoms with Gasteiger partial charge in [-0.3, -0.25) is 9.59 Å². The number of benzene rings is 2. The minimum atomic E-state index is -3.79. The lowest BCUT2D eigenvalue weighted by Gasteiger charge is -2.17. The number of nitrogens with zero attached hydrogens (tertiary/aromatic N) is 1. The average Bonchev–Trinajstić information content (AvgIpc) is 2.68. The van der Waals surface area contributed by atoms with Crippen molar-refractivity contribution in [2.24, 2.45) is 0 Å². The van der Waals surface area contributed by atoms with Gasteiger partial charge in [-0.15, -0.1) is 0 Å². The quantitative estimate of drug-likeness (QED) is 0.622. The standard InChI is InChI=1S/C19H20F2N2O5S/c1-23(29(26,27)17-10-6-15(21)7-11-17)12-2-3-19(25)28-13-18(24)22-16-8-4-14(20)5-9-16/h4-11H,2-3,12-13H2,1H3,(H,22,24). The topological polar surface area (TPSA) is 92.8 Å². The van der Waals surface area contributed by atoms with E-state index in [0.717, 1.165) is 28.6 Å². The van der Waals surface area contributed by atoms with Gasteiger partial charge in [0.15, 0.2) is 6.61 Å². The predicted molar refractivity (Wildman–Crippen MR) is 101 cm³/mol. The van der Waals surface area contributed by atoms with Gasteiger partial charge < -0.3 is 10.1 Å². The summed E-state index contributed by atoms with van der Waals surface area (Å²) in [5.74, 6) is -2.23. The maximum atomic E-state index is 12.9. The number of nitrogens with one attached hydrogen (secondary N) is 1. The molecule has 1 N–H and O–H groups in total. The van der Waals surface area contributed by atoms with Crippen LogP contribution in [0.4, 0.5) is 14.5 Å². The fraction of sp³-hybridized carbons (Fsp3) is 0.263. The SMILES string of the molecule is CN(CCCC(=O)OCC(=O)Nc1ccc(F)cc1)S(=O)(=O)c1ccc(F)cc1. The van der Waals surface area contributed by atoms with Crippen LogP contribution in [0.2, 0.25) is 0 Å². The maximum Gasteiger partial charge on any atom is 0.306 e. The number of ether oxygens (including phenoxy) is 1. The van der Waals surface area contributed by atoms with Gasteiger partial charge in [0.25, 0.3) is 5.91 Å². The van der Waals surface area contributed by atoms with E-state index in [-0.39, 0.29) is 24.3 Å². The van der Waals surface area contributed by atoms with Gasteiger partial charge >= 0.3 is 5.97 Å². The molecule has 0 spiro atoms. The molecule has 1 amide bonds. The van der Waals surface area contributed by atoms with Crippen LogP contribution in [0.25, 0.3) is 0 Å². The Hall–Kier alpha value is -2.85. The van der Waals surface area contributed by atoms with Crippen LogP contribution in [0.3, 0.4) is 0 Å². The zero-order valence-electron chi connectivity index (χ0n) is 15.6. The summed E-state index contributed by atoms with van der Waals surface area (Å²) >= 11 is 0. The van der Waals surface area contributed by atoms with Crippen LogP contribution < -0.4 is 5.32 Å². The number of sulfonamides is 1. The molecule has 0 fully saturated rings. The summed E-state index contributed by atoms with van der Waals surface area (Å²) in [5, 5.41) is 2.44. The lowest BCUT2D eigenvalue weighted by Crippen LogP contribution is -2.28. The Labute approximate surface area is 167 Å². The van der Waals surface area contributed by atoms with Crippen molar-refractivity contribution in [2.75, 3.05) is 25.5 Å². The highest BCUT2D eigenvalue weighted by atomic mass is 32.2. The van der Waals surface area contributed by atoms with E-state index >= 15 is 0 Å². The molecule has 7 nitrogen and oxygen atoms in total. The molecule has 0 aliphatic rings. The van der Waals surface area contributed by atoms with E-state index < -0.39 is 40.1 Å². The van der Waals surface area contributed by atoms with Crippen molar-refractivity contribution in [2.45, 2.75) is 17.7 Å². The summed E-state index contributed by atoms with van der Waals surface area (Å²) in [5.41, 5.74) is 0.361. The van der Waals surface area contributed by atoms with Gasteiger partial charge in [0, 0.05) is 25.7 Å². The molecule has 0 saturated carbocycles. The van der Waals surface area contributed by atoms with Crippen molar-refractivity contribution in [1.82, 2.24) is 4.31 Å². The summed E-state index contributed by atoms with van der Waals surface area (Å²) in [6, 6.07) is 9.52. The van der Waals surface area contributed by atoms with E-state index in [1.54, 1.807) is 0 Å². The lowest BCUT2D eigenvalue weighted by atomic mass is 10.3. The van der Waals surface area contributed by atoms with Gasteiger partial charge in [0.2, 0.25) is 10.0 Å². The molecular weight excluding hydrogens is 406 g/mol. The van der Waals surface area contributed by atoms with Crippen LogP contribution in [-0.2, 0) is 24.3 Å². The molecule has 0 saturated heterocycles. The zero-order valence-corrected chi connectivity index (χ0v) is 16.4. The van der Waals surface area contributed by atoms with Gasteiger partial charge in [0.05, 0.1) is 4.90 Å². The summed E-state index contributed by atoms with van der Waals surface area (Å²) in [6.45, 7) is -0.476. The number of anilines is 1. The fourth-order valence-electron chi connectivity index (χ4n) is 2.30. The van der Waals surface area contributed by atoms with Crippen LogP contribution in [0.5, 0.6) is 0 Å². The molecule has 0 radical (unpaired) electrons. The van der Waals surface area contributed by atoms with Gasteiger partial charge in [0.1, 0.15) is 11.6 Å². The Balaban J connectivity index is 1.72. The number of carbonyl (C=O) groups is 2. The average molecular weight is 426 g/mol. The molecule has 0 aromatic heterocycles. The third-order valence-corrected chi connectivity index (χ3v) is 5.74. The highest BCUT2D eigenvalue weighted by Crippen LogP contribution is 2.15. The first kappa shape index (κ1) is 22.4. The van der Waals surface area contributed by atoms with Gasteiger partial charge in [-0.2, -0.15) is 0 Å². The Morgan fingerprint density at radius 2 is 1.55 bits per heavy atom. The second kappa shape index (κ2) is 10.1. The first-order valence-corrected chi connectivity index (χ1v) is 10.1. The minimum absolute atomic E-state index is 0.0383. The lowest BCUT2D eigenvalue weighted by molar-refractivity contribution is -0.147. The number of hydrogen-bond donors (Lipinski definition) is 1. The van der Waals surface area contributed by atoms with Crippen LogP contribution in [0.15, 0.2) is 53.4 Å². The van der Waals surface area contributed by atoms with E-state index in [4.69, 9.17) is 4.74 Å². The van der Waals surface area contributed by atoms with E-state index in [0.29, 0.717) is 5.69 Å². The third kappa shape index (κ3) is 6.91. The highest BCUT2D eigenvalue weighted by Gasteiger charge is 2.20. The number of esters is 1. The number of rotatable bonds is 9. The van der Waals surface area contributed by atoms with E-state index in [1.165, 1.54) is 31.3 Å². The van der Waals surface area contributed by atoms with Crippen molar-refractivity contribution >= 4 is 27.6 Å². The molecule has 2 aromatic carbocycles. The van der Waals surface area contributed by atoms with Crippen LogP contribution in [0.1, 0.15) is 12.8 Å². The second-order valence-corrected chi connectivity index (χ2v) is 8.14. The fourth-order valence-corrected chi connectivity index (χ4v) is 3.51. The molecule has 2 aromatic rings. The van der Waals surface area contributed by atoms with Crippen molar-refractivity contribution in [3.8, 4) is 0 Å². The number of hydrogen-bond acceptors (Lipinski definition) is 5. The molecule has 0 aliphatic heterocycles. The number of halogens is 2. The van der Waals surface area contributed by atoms with Crippen molar-refractivity contribution < 1.29 is 31.5 Å². The Morgan fingerprint density at radius 1 is 1.00 bits per heavy atom. The Kier molecular flexibility index (Phi) is 7.80. The molecule has 0 unspecified atom stereocenters. The molecule has 0 aliphatic carbocycles. The van der Waals surface area contributed by atoms with Crippen LogP contribution in [-0.4, -0.2) is 44.8 Å². The first-order valence-electron chi connectivity index (χ1n) is 8.61. The van der Waals surface area contributed by atoms with Gasteiger partial charge in [-0.05, 0) is 55.0 Å². The summed E-state index contributed by atoms with van der Waals surface area (Å²) in [7, 11) is -2.45. The summed E-state index contributed by atoms with van der Waals surface area (Å²) < 4.78 is 56.3. The highest BCUT2D eigenvalue weighted by molar-refractivity contribution is 7.89. The van der Waals surface area contributed by atoms with Crippen molar-refractivity contribution in [3.63, 3.8) is 0 Å².